The summed E-state index contributed by atoms with van der Waals surface area (Å²) in [6, 6.07) is 14.4. The molecule has 4 aromatic rings. The van der Waals surface area contributed by atoms with Gasteiger partial charge in [-0.3, -0.25) is 4.98 Å². The fraction of sp³-hybridized carbons (Fsp3) is 0.0870. The molecule has 0 atom stereocenters. The zero-order valence-electron chi connectivity index (χ0n) is 16.2. The Morgan fingerprint density at radius 1 is 1.03 bits per heavy atom. The summed E-state index contributed by atoms with van der Waals surface area (Å²) in [5.74, 6) is 4.77. The highest BCUT2D eigenvalue weighted by Gasteiger charge is 2.17. The van der Waals surface area contributed by atoms with Crippen LogP contribution in [0.4, 0.5) is 13.2 Å². The highest BCUT2D eigenvalue weighted by atomic mass is 35.5. The van der Waals surface area contributed by atoms with Crippen molar-refractivity contribution in [1.29, 1.82) is 0 Å². The van der Waals surface area contributed by atoms with Gasteiger partial charge in [0.05, 0.1) is 16.8 Å². The van der Waals surface area contributed by atoms with Crippen LogP contribution in [-0.2, 0) is 6.61 Å². The summed E-state index contributed by atoms with van der Waals surface area (Å²) in [6.07, 6.45) is -1.43. The zero-order valence-corrected chi connectivity index (χ0v) is 17.0. The Hall–Kier alpha value is -3.83. The maximum absolute atomic E-state index is 14.1. The van der Waals surface area contributed by atoms with Crippen LogP contribution in [0.2, 0.25) is 5.02 Å². The lowest BCUT2D eigenvalue weighted by molar-refractivity contribution is 0.116. The summed E-state index contributed by atoms with van der Waals surface area (Å²) in [6.45, 7) is 0.0964. The summed E-state index contributed by atoms with van der Waals surface area (Å²) < 4.78 is 49.8. The van der Waals surface area contributed by atoms with E-state index in [4.69, 9.17) is 20.8 Å². The van der Waals surface area contributed by atoms with Crippen molar-refractivity contribution in [3.8, 4) is 29.0 Å². The van der Waals surface area contributed by atoms with Gasteiger partial charge in [0, 0.05) is 16.8 Å². The predicted octanol–water partition coefficient (Wildman–Crippen LogP) is 5.84. The van der Waals surface area contributed by atoms with E-state index in [9.17, 15) is 13.2 Å². The van der Waals surface area contributed by atoms with Gasteiger partial charge in [0.25, 0.3) is 5.89 Å². The van der Waals surface area contributed by atoms with Gasteiger partial charge in [-0.2, -0.15) is 8.78 Å². The molecule has 2 aromatic heterocycles. The van der Waals surface area contributed by atoms with Crippen LogP contribution in [0.1, 0.15) is 29.1 Å². The molecule has 9 heteroatoms. The Balaban J connectivity index is 1.43. The largest absolute Gasteiger partial charge is 0.487 e. The third-order valence-corrected chi connectivity index (χ3v) is 4.42. The van der Waals surface area contributed by atoms with Crippen molar-refractivity contribution in [2.75, 3.05) is 0 Å². The van der Waals surface area contributed by atoms with E-state index >= 15 is 0 Å². The molecule has 2 heterocycles. The van der Waals surface area contributed by atoms with Crippen molar-refractivity contribution in [3.05, 3.63) is 94.3 Å². The number of hydrogen-bond acceptors (Lipinski definition) is 5. The number of alkyl halides is 2. The van der Waals surface area contributed by atoms with E-state index in [1.165, 1.54) is 24.4 Å². The smallest absolute Gasteiger partial charge is 0.314 e. The van der Waals surface area contributed by atoms with Crippen molar-refractivity contribution in [1.82, 2.24) is 15.2 Å². The maximum Gasteiger partial charge on any atom is 0.314 e. The second kappa shape index (κ2) is 9.54. The van der Waals surface area contributed by atoms with Crippen LogP contribution in [-0.4, -0.2) is 15.2 Å². The molecule has 0 aliphatic rings. The molecule has 5 nitrogen and oxygen atoms in total. The summed E-state index contributed by atoms with van der Waals surface area (Å²) in [5, 5.41) is 7.39. The van der Waals surface area contributed by atoms with Crippen LogP contribution in [0.5, 0.6) is 5.75 Å². The van der Waals surface area contributed by atoms with E-state index in [0.717, 1.165) is 0 Å². The van der Waals surface area contributed by atoms with E-state index < -0.39 is 18.1 Å². The average Bonchev–Trinajstić information content (AvgIpc) is 3.29. The van der Waals surface area contributed by atoms with Crippen molar-refractivity contribution >= 4 is 11.6 Å². The van der Waals surface area contributed by atoms with Gasteiger partial charge >= 0.3 is 6.43 Å². The number of benzene rings is 2. The second-order valence-corrected chi connectivity index (χ2v) is 6.91. The van der Waals surface area contributed by atoms with Gasteiger partial charge in [-0.05, 0) is 48.5 Å². The van der Waals surface area contributed by atoms with Crippen LogP contribution in [0.15, 0.2) is 65.2 Å². The molecule has 0 spiro atoms. The predicted molar refractivity (Wildman–Crippen MR) is 111 cm³/mol. The third kappa shape index (κ3) is 5.25. The van der Waals surface area contributed by atoms with E-state index in [2.05, 4.69) is 27.0 Å². The minimum atomic E-state index is -2.84. The van der Waals surface area contributed by atoms with Crippen LogP contribution >= 0.6 is 11.6 Å². The number of aromatic nitrogens is 3. The van der Waals surface area contributed by atoms with Gasteiger partial charge in [0.1, 0.15) is 18.2 Å². The van der Waals surface area contributed by atoms with Crippen LogP contribution in [0, 0.1) is 17.7 Å². The first-order valence-corrected chi connectivity index (χ1v) is 9.62. The molecule has 0 aliphatic carbocycles. The SMILES string of the molecule is Fc1ccc(OCc2ccc(-c3nnc(C(F)F)o3)cn2)cc1C#Cc1cccc(Cl)c1. The lowest BCUT2D eigenvalue weighted by atomic mass is 10.1. The topological polar surface area (TPSA) is 61.0 Å². The first-order valence-electron chi connectivity index (χ1n) is 9.25. The molecule has 0 saturated heterocycles. The molecule has 0 amide bonds. The lowest BCUT2D eigenvalue weighted by Crippen LogP contribution is -1.99. The van der Waals surface area contributed by atoms with Crippen LogP contribution in [0.25, 0.3) is 11.5 Å². The van der Waals surface area contributed by atoms with Gasteiger partial charge in [-0.1, -0.05) is 29.5 Å². The molecule has 32 heavy (non-hydrogen) atoms. The molecule has 2 aromatic carbocycles. The van der Waals surface area contributed by atoms with E-state index in [-0.39, 0.29) is 18.1 Å². The molecular formula is C23H13ClF3N3O2. The molecule has 0 bridgehead atoms. The highest BCUT2D eigenvalue weighted by molar-refractivity contribution is 6.30. The first-order chi connectivity index (χ1) is 15.5. The Morgan fingerprint density at radius 2 is 1.91 bits per heavy atom. The summed E-state index contributed by atoms with van der Waals surface area (Å²) >= 11 is 5.93. The summed E-state index contributed by atoms with van der Waals surface area (Å²) in [5.41, 5.74) is 1.79. The molecule has 0 radical (unpaired) electrons. The number of pyridine rings is 1. The van der Waals surface area contributed by atoms with Crippen LogP contribution in [0.3, 0.4) is 0 Å². The van der Waals surface area contributed by atoms with E-state index in [1.807, 2.05) is 0 Å². The number of nitrogens with zero attached hydrogens (tertiary/aromatic N) is 3. The summed E-state index contributed by atoms with van der Waals surface area (Å²) in [7, 11) is 0. The van der Waals surface area contributed by atoms with Crippen molar-refractivity contribution in [2.45, 2.75) is 13.0 Å². The number of halogens is 4. The molecule has 0 N–H and O–H groups in total. The Kier molecular flexibility index (Phi) is 6.38. The number of rotatable bonds is 5. The Labute approximate surface area is 185 Å². The number of hydrogen-bond donors (Lipinski definition) is 0. The van der Waals surface area contributed by atoms with Gasteiger partial charge < -0.3 is 9.15 Å². The van der Waals surface area contributed by atoms with Gasteiger partial charge in [0.15, 0.2) is 0 Å². The third-order valence-electron chi connectivity index (χ3n) is 4.19. The van der Waals surface area contributed by atoms with Gasteiger partial charge in [-0.15, -0.1) is 10.2 Å². The van der Waals surface area contributed by atoms with Crippen molar-refractivity contribution in [3.63, 3.8) is 0 Å². The molecule has 160 valence electrons. The van der Waals surface area contributed by atoms with Crippen LogP contribution < -0.4 is 4.74 Å². The molecule has 4 rings (SSSR count). The van der Waals surface area contributed by atoms with Gasteiger partial charge in [-0.25, -0.2) is 4.39 Å². The first kappa shape index (κ1) is 21.4. The average molecular weight is 456 g/mol. The Morgan fingerprint density at radius 3 is 2.62 bits per heavy atom. The maximum atomic E-state index is 14.1. The van der Waals surface area contributed by atoms with Crippen molar-refractivity contribution in [2.24, 2.45) is 0 Å². The zero-order chi connectivity index (χ0) is 22.5. The lowest BCUT2D eigenvalue weighted by Gasteiger charge is -2.07. The fourth-order valence-electron chi connectivity index (χ4n) is 2.63. The number of ether oxygens (including phenoxy) is 1. The second-order valence-electron chi connectivity index (χ2n) is 6.48. The van der Waals surface area contributed by atoms with E-state index in [0.29, 0.717) is 27.6 Å². The highest BCUT2D eigenvalue weighted by Crippen LogP contribution is 2.23. The molecular weight excluding hydrogens is 443 g/mol. The molecule has 0 fully saturated rings. The normalized spacial score (nSPS) is 10.7. The van der Waals surface area contributed by atoms with Crippen molar-refractivity contribution < 1.29 is 22.3 Å². The fourth-order valence-corrected chi connectivity index (χ4v) is 2.82. The van der Waals surface area contributed by atoms with Gasteiger partial charge in [0.2, 0.25) is 5.89 Å². The molecule has 0 unspecified atom stereocenters. The summed E-state index contributed by atoms with van der Waals surface area (Å²) in [4.78, 5) is 4.19. The Bertz CT molecular complexity index is 1300. The monoisotopic (exact) mass is 455 g/mol. The van der Waals surface area contributed by atoms with E-state index in [1.54, 1.807) is 36.4 Å². The minimum Gasteiger partial charge on any atom is -0.487 e. The standard InChI is InChI=1S/C23H13ClF3N3O2/c24-17-3-1-2-14(10-17)4-5-15-11-19(8-9-20(15)25)31-13-18-7-6-16(12-28-18)22-29-30-23(32-22)21(26)27/h1-3,6-12,21H,13H2. The minimum absolute atomic E-state index is 0.0540. The molecule has 0 saturated carbocycles. The quantitative estimate of drug-likeness (QED) is 0.354. The molecule has 0 aliphatic heterocycles.